The molecule has 1 aromatic carbocycles. The second kappa shape index (κ2) is 7.09. The molecular weight excluding hydrogens is 322 g/mol. The second-order valence-electron chi connectivity index (χ2n) is 7.73. The molecule has 1 amide bonds. The summed E-state index contributed by atoms with van der Waals surface area (Å²) >= 11 is 0. The van der Waals surface area contributed by atoms with Crippen molar-refractivity contribution in [1.29, 1.82) is 0 Å². The molecule has 2 N–H and O–H groups in total. The molecule has 1 saturated heterocycles. The fraction of sp³-hybridized carbons (Fsp3) is 0.611. The van der Waals surface area contributed by atoms with Gasteiger partial charge in [-0.15, -0.1) is 0 Å². The van der Waals surface area contributed by atoms with E-state index in [4.69, 9.17) is 4.74 Å². The van der Waals surface area contributed by atoms with E-state index in [1.165, 1.54) is 12.1 Å². The van der Waals surface area contributed by atoms with Crippen molar-refractivity contribution in [2.24, 2.45) is 0 Å². The van der Waals surface area contributed by atoms with Gasteiger partial charge in [-0.1, -0.05) is 0 Å². The summed E-state index contributed by atoms with van der Waals surface area (Å²) in [5.74, 6) is -0.125. The summed E-state index contributed by atoms with van der Waals surface area (Å²) in [6, 6.07) is 4.60. The smallest absolute Gasteiger partial charge is 0.269 e. The largest absolute Gasteiger partial charge is 0.368 e. The molecule has 1 aliphatic heterocycles. The van der Waals surface area contributed by atoms with Crippen LogP contribution in [0.4, 0.5) is 11.4 Å². The third-order valence-corrected chi connectivity index (χ3v) is 4.51. The first-order valence-corrected chi connectivity index (χ1v) is 8.49. The summed E-state index contributed by atoms with van der Waals surface area (Å²) in [4.78, 5) is 22.4. The predicted molar refractivity (Wildman–Crippen MR) is 96.7 cm³/mol. The third-order valence-electron chi connectivity index (χ3n) is 4.51. The molecule has 1 aromatic rings. The summed E-state index contributed by atoms with van der Waals surface area (Å²) in [6.07, 6.45) is 1.21. The zero-order chi connectivity index (χ0) is 18.8. The van der Waals surface area contributed by atoms with E-state index in [1.54, 1.807) is 13.0 Å². The molecule has 2 rings (SSSR count). The lowest BCUT2D eigenvalue weighted by Gasteiger charge is -2.27. The Balaban J connectivity index is 1.84. The van der Waals surface area contributed by atoms with E-state index < -0.39 is 4.92 Å². The first kappa shape index (κ1) is 19.3. The zero-order valence-electron chi connectivity index (χ0n) is 15.5. The molecule has 1 atom stereocenters. The minimum atomic E-state index is -0.449. The molecule has 1 aliphatic rings. The van der Waals surface area contributed by atoms with Gasteiger partial charge in [-0.3, -0.25) is 14.9 Å². The predicted octanol–water partition coefficient (Wildman–Crippen LogP) is 3.17. The van der Waals surface area contributed by atoms with Gasteiger partial charge in [-0.25, -0.2) is 0 Å². The van der Waals surface area contributed by atoms with Gasteiger partial charge < -0.3 is 15.4 Å². The van der Waals surface area contributed by atoms with Crippen molar-refractivity contribution in [2.45, 2.75) is 64.7 Å². The van der Waals surface area contributed by atoms with Crippen LogP contribution in [0.5, 0.6) is 0 Å². The molecular formula is C18H27N3O4. The Morgan fingerprint density at radius 2 is 2.04 bits per heavy atom. The topological polar surface area (TPSA) is 93.5 Å². The number of hydrogen-bond donors (Lipinski definition) is 2. The molecule has 138 valence electrons. The van der Waals surface area contributed by atoms with E-state index in [1.807, 2.05) is 0 Å². The van der Waals surface area contributed by atoms with Gasteiger partial charge in [-0.2, -0.15) is 0 Å². The van der Waals surface area contributed by atoms with E-state index in [-0.39, 0.29) is 28.8 Å². The van der Waals surface area contributed by atoms with Crippen LogP contribution in [0.25, 0.3) is 0 Å². The summed E-state index contributed by atoms with van der Waals surface area (Å²) in [6.45, 7) is 10.5. The van der Waals surface area contributed by atoms with E-state index in [9.17, 15) is 14.9 Å². The van der Waals surface area contributed by atoms with Gasteiger partial charge in [0, 0.05) is 36.8 Å². The van der Waals surface area contributed by atoms with Crippen LogP contribution in [0.1, 0.15) is 46.1 Å². The van der Waals surface area contributed by atoms with Crippen LogP contribution >= 0.6 is 0 Å². The molecule has 0 aromatic heterocycles. The van der Waals surface area contributed by atoms with E-state index in [0.717, 1.165) is 6.42 Å². The number of nitrogens with zero attached hydrogens (tertiary/aromatic N) is 1. The number of rotatable bonds is 6. The number of nitro groups is 1. The number of carbonyl (C=O) groups is 1. The molecule has 25 heavy (non-hydrogen) atoms. The van der Waals surface area contributed by atoms with Gasteiger partial charge in [-0.05, 0) is 52.7 Å². The maximum absolute atomic E-state index is 12.1. The van der Waals surface area contributed by atoms with Crippen LogP contribution in [-0.4, -0.2) is 34.6 Å². The maximum atomic E-state index is 12.1. The molecule has 1 unspecified atom stereocenters. The fourth-order valence-electron chi connectivity index (χ4n) is 3.35. The van der Waals surface area contributed by atoms with Crippen molar-refractivity contribution in [3.63, 3.8) is 0 Å². The Hall–Kier alpha value is -1.99. The summed E-state index contributed by atoms with van der Waals surface area (Å²) in [5.41, 5.74) is 0.848. The van der Waals surface area contributed by atoms with Gasteiger partial charge >= 0.3 is 0 Å². The standard InChI is InChI=1S/C18H27N3O4/c1-12-10-13(21(23)24)6-7-14(12)20-16(22)8-9-19-15-11-17(2,3)25-18(15,4)5/h6-7,10,15,19H,8-9,11H2,1-5H3,(H,20,22). The van der Waals surface area contributed by atoms with Gasteiger partial charge in [0.15, 0.2) is 0 Å². The molecule has 0 bridgehead atoms. The summed E-state index contributed by atoms with van der Waals surface area (Å²) in [5, 5.41) is 17.0. The SMILES string of the molecule is Cc1cc([N+](=O)[O-])ccc1NC(=O)CCNC1CC(C)(C)OC1(C)C. The van der Waals surface area contributed by atoms with Crippen molar-refractivity contribution in [3.8, 4) is 0 Å². The average molecular weight is 349 g/mol. The molecule has 1 fully saturated rings. The van der Waals surface area contributed by atoms with Crippen LogP contribution in [0.3, 0.4) is 0 Å². The number of amides is 1. The van der Waals surface area contributed by atoms with Gasteiger partial charge in [0.2, 0.25) is 5.91 Å². The van der Waals surface area contributed by atoms with Crippen molar-refractivity contribution < 1.29 is 14.5 Å². The number of non-ortho nitro benzene ring substituents is 1. The van der Waals surface area contributed by atoms with Gasteiger partial charge in [0.25, 0.3) is 5.69 Å². The number of anilines is 1. The number of aryl methyl sites for hydroxylation is 1. The van der Waals surface area contributed by atoms with Crippen LogP contribution in [0, 0.1) is 17.0 Å². The lowest BCUT2D eigenvalue weighted by atomic mass is 9.94. The van der Waals surface area contributed by atoms with Crippen LogP contribution < -0.4 is 10.6 Å². The molecule has 0 spiro atoms. The van der Waals surface area contributed by atoms with Crippen molar-refractivity contribution in [2.75, 3.05) is 11.9 Å². The molecule has 0 aliphatic carbocycles. The Bertz CT molecular complexity index is 670. The second-order valence-corrected chi connectivity index (χ2v) is 7.73. The molecule has 0 saturated carbocycles. The van der Waals surface area contributed by atoms with E-state index in [0.29, 0.717) is 24.2 Å². The number of nitro benzene ring substituents is 1. The monoisotopic (exact) mass is 349 g/mol. The number of hydrogen-bond acceptors (Lipinski definition) is 5. The highest BCUT2D eigenvalue weighted by Crippen LogP contribution is 2.37. The van der Waals surface area contributed by atoms with E-state index in [2.05, 4.69) is 38.3 Å². The minimum absolute atomic E-state index is 0.0169. The average Bonchev–Trinajstić information content (AvgIpc) is 2.68. The van der Waals surface area contributed by atoms with Gasteiger partial charge in [0.05, 0.1) is 16.1 Å². The zero-order valence-corrected chi connectivity index (χ0v) is 15.5. The number of carbonyl (C=O) groups excluding carboxylic acids is 1. The third kappa shape index (κ3) is 4.99. The Morgan fingerprint density at radius 3 is 2.56 bits per heavy atom. The number of ether oxygens (including phenoxy) is 1. The molecule has 0 radical (unpaired) electrons. The Labute approximate surface area is 148 Å². The van der Waals surface area contributed by atoms with Crippen LogP contribution in [-0.2, 0) is 9.53 Å². The molecule has 7 nitrogen and oxygen atoms in total. The lowest BCUT2D eigenvalue weighted by Crippen LogP contribution is -2.44. The van der Waals surface area contributed by atoms with Crippen LogP contribution in [0.15, 0.2) is 18.2 Å². The highest BCUT2D eigenvalue weighted by Gasteiger charge is 2.45. The first-order chi connectivity index (χ1) is 11.5. The highest BCUT2D eigenvalue weighted by molar-refractivity contribution is 5.91. The summed E-state index contributed by atoms with van der Waals surface area (Å²) < 4.78 is 6.03. The van der Waals surface area contributed by atoms with Crippen molar-refractivity contribution in [3.05, 3.63) is 33.9 Å². The minimum Gasteiger partial charge on any atom is -0.368 e. The van der Waals surface area contributed by atoms with Crippen LogP contribution in [0.2, 0.25) is 0 Å². The number of nitrogens with one attached hydrogen (secondary N) is 2. The van der Waals surface area contributed by atoms with E-state index >= 15 is 0 Å². The number of benzene rings is 1. The quantitative estimate of drug-likeness (QED) is 0.608. The Kier molecular flexibility index (Phi) is 5.49. The molecule has 7 heteroatoms. The fourth-order valence-corrected chi connectivity index (χ4v) is 3.35. The maximum Gasteiger partial charge on any atom is 0.269 e. The summed E-state index contributed by atoms with van der Waals surface area (Å²) in [7, 11) is 0. The normalized spacial score (nSPS) is 21.1. The first-order valence-electron chi connectivity index (χ1n) is 8.49. The highest BCUT2D eigenvalue weighted by atomic mass is 16.6. The lowest BCUT2D eigenvalue weighted by molar-refractivity contribution is -0.384. The Morgan fingerprint density at radius 1 is 1.36 bits per heavy atom. The van der Waals surface area contributed by atoms with Crippen molar-refractivity contribution in [1.82, 2.24) is 5.32 Å². The molecule has 1 heterocycles. The van der Waals surface area contributed by atoms with Crippen molar-refractivity contribution >= 4 is 17.3 Å². The van der Waals surface area contributed by atoms with Gasteiger partial charge in [0.1, 0.15) is 0 Å².